The normalized spacial score (nSPS) is 9.33. The van der Waals surface area contributed by atoms with Gasteiger partial charge in [0.25, 0.3) is 0 Å². The van der Waals surface area contributed by atoms with Crippen molar-refractivity contribution in [1.29, 1.82) is 0 Å². The van der Waals surface area contributed by atoms with Gasteiger partial charge < -0.3 is 0 Å². The third kappa shape index (κ3) is 4.81. The average molecular weight is 284 g/mol. The van der Waals surface area contributed by atoms with E-state index in [9.17, 15) is 0 Å². The van der Waals surface area contributed by atoms with Gasteiger partial charge in [-0.05, 0) is 0 Å². The zero-order chi connectivity index (χ0) is 4.99. The van der Waals surface area contributed by atoms with E-state index in [1.807, 2.05) is 0 Å². The van der Waals surface area contributed by atoms with Crippen LogP contribution in [0.15, 0.2) is 3.33 Å². The molecule has 3 nitrogen and oxygen atoms in total. The van der Waals surface area contributed by atoms with Crippen molar-refractivity contribution in [3.05, 3.63) is 10.4 Å². The number of hydrogen-bond donors (Lipinski definition) is 0. The van der Waals surface area contributed by atoms with Gasteiger partial charge >= 0.3 is 52.1 Å². The predicted octanol–water partition coefficient (Wildman–Crippen LogP) is 3.18. The zero-order valence-electron chi connectivity index (χ0n) is 2.48. The van der Waals surface area contributed by atoms with Crippen LogP contribution in [0.4, 0.5) is 0 Å². The van der Waals surface area contributed by atoms with Gasteiger partial charge in [-0.25, -0.2) is 0 Å². The molecule has 0 fully saturated rings. The third-order valence-electron chi connectivity index (χ3n) is 0.0909. The Morgan fingerprint density at radius 3 is 2.50 bits per heavy atom. The SMILES string of the molecule is [N-]=[N+]=NI(Cl)Br. The Balaban J connectivity index is 3.29. The van der Waals surface area contributed by atoms with Crippen LogP contribution in [0.5, 0.6) is 0 Å². The second kappa shape index (κ2) is 3.98. The van der Waals surface area contributed by atoms with Crippen molar-refractivity contribution in [3.63, 3.8) is 0 Å². The van der Waals surface area contributed by atoms with E-state index in [1.165, 1.54) is 0 Å². The molecule has 0 spiro atoms. The van der Waals surface area contributed by atoms with E-state index in [0.29, 0.717) is 0 Å². The summed E-state index contributed by atoms with van der Waals surface area (Å²) >= 11 is 1.12. The van der Waals surface area contributed by atoms with Crippen LogP contribution in [0.3, 0.4) is 0 Å². The molecule has 6 heavy (non-hydrogen) atoms. The molecule has 0 unspecified atom stereocenters. The molecule has 0 N–H and O–H groups in total. The van der Waals surface area contributed by atoms with Crippen LogP contribution < -0.4 is 0 Å². The molecule has 0 amide bonds. The quantitative estimate of drug-likeness (QED) is 0.307. The van der Waals surface area contributed by atoms with E-state index in [2.05, 4.69) is 20.9 Å². The van der Waals surface area contributed by atoms with Crippen molar-refractivity contribution >= 4 is 38.3 Å². The molecule has 0 radical (unpaired) electrons. The van der Waals surface area contributed by atoms with Gasteiger partial charge in [0, 0.05) is 0 Å². The fourth-order valence-electron chi connectivity index (χ4n) is 0.0256. The summed E-state index contributed by atoms with van der Waals surface area (Å²) in [5.74, 6) is 0. The second-order valence-corrected chi connectivity index (χ2v) is 9.76. The summed E-state index contributed by atoms with van der Waals surface area (Å²) in [7, 11) is 5.23. The summed E-state index contributed by atoms with van der Waals surface area (Å²) in [5.41, 5.74) is 7.62. The van der Waals surface area contributed by atoms with Gasteiger partial charge in [-0.2, -0.15) is 0 Å². The molecule has 0 aliphatic rings. The first-order valence-electron chi connectivity index (χ1n) is 0.855. The first-order chi connectivity index (χ1) is 2.77. The second-order valence-electron chi connectivity index (χ2n) is 0.347. The summed E-state index contributed by atoms with van der Waals surface area (Å²) in [6, 6.07) is 0. The van der Waals surface area contributed by atoms with Crippen LogP contribution >= 0.6 is 38.3 Å². The van der Waals surface area contributed by atoms with E-state index in [-0.39, 0.29) is 0 Å². The zero-order valence-corrected chi connectivity index (χ0v) is 6.97. The first kappa shape index (κ1) is 6.81. The Bertz CT molecular complexity index is 74.9. The minimum absolute atomic E-state index is 1.81. The Hall–Kier alpha value is 0.810. The van der Waals surface area contributed by atoms with E-state index in [1.54, 1.807) is 0 Å². The van der Waals surface area contributed by atoms with Crippen molar-refractivity contribution < 1.29 is 0 Å². The van der Waals surface area contributed by atoms with E-state index < -0.39 is 16.7 Å². The molecule has 0 rings (SSSR count). The molecule has 6 heteroatoms. The molecular weight excluding hydrogens is 284 g/mol. The number of nitrogens with zero attached hydrogens (tertiary/aromatic N) is 3. The number of hydrogen-bond acceptors (Lipinski definition) is 1. The average Bonchev–Trinajstić information content (AvgIpc) is 1.35. The van der Waals surface area contributed by atoms with Crippen molar-refractivity contribution in [2.45, 2.75) is 0 Å². The van der Waals surface area contributed by atoms with E-state index >= 15 is 0 Å². The first-order valence-corrected chi connectivity index (χ1v) is 9.39. The van der Waals surface area contributed by atoms with Gasteiger partial charge in [0.15, 0.2) is 0 Å². The monoisotopic (exact) mass is 283 g/mol. The van der Waals surface area contributed by atoms with E-state index in [4.69, 9.17) is 14.4 Å². The van der Waals surface area contributed by atoms with Crippen molar-refractivity contribution in [2.24, 2.45) is 3.33 Å². The fourth-order valence-corrected chi connectivity index (χ4v) is 0.703. The Morgan fingerprint density at radius 1 is 2.00 bits per heavy atom. The summed E-state index contributed by atoms with van der Waals surface area (Å²) in [5, 5.41) is 0. The Kier molecular flexibility index (Phi) is 4.52. The molecule has 0 aromatic carbocycles. The molecule has 0 saturated heterocycles. The molecular formula is BrClIN3. The fraction of sp³-hybridized carbons (Fsp3) is 0. The van der Waals surface area contributed by atoms with Crippen molar-refractivity contribution in [3.8, 4) is 0 Å². The van der Waals surface area contributed by atoms with Crippen LogP contribution in [0.2, 0.25) is 0 Å². The molecule has 0 atom stereocenters. The molecule has 0 heterocycles. The summed E-state index contributed by atoms with van der Waals surface area (Å²) in [4.78, 5) is 2.45. The number of rotatable bonds is 1. The van der Waals surface area contributed by atoms with Crippen LogP contribution in [-0.4, -0.2) is 0 Å². The Labute approximate surface area is 51.9 Å². The topological polar surface area (TPSA) is 48.8 Å². The standard InChI is InChI=1S/BrClIN3/c1-3(2)5-6-4. The molecule has 0 aliphatic carbocycles. The van der Waals surface area contributed by atoms with Gasteiger partial charge in [0.1, 0.15) is 0 Å². The van der Waals surface area contributed by atoms with Gasteiger partial charge in [0.05, 0.1) is 0 Å². The van der Waals surface area contributed by atoms with Gasteiger partial charge in [-0.3, -0.25) is 0 Å². The predicted molar refractivity (Wildman–Crippen MR) is 37.9 cm³/mol. The van der Waals surface area contributed by atoms with Gasteiger partial charge in [-0.15, -0.1) is 0 Å². The van der Waals surface area contributed by atoms with Crippen LogP contribution in [-0.2, 0) is 0 Å². The number of azide groups is 1. The van der Waals surface area contributed by atoms with Gasteiger partial charge in [-0.1, -0.05) is 0 Å². The summed E-state index contributed by atoms with van der Waals surface area (Å²) in [6.45, 7) is 0. The van der Waals surface area contributed by atoms with Crippen molar-refractivity contribution in [2.75, 3.05) is 0 Å². The molecule has 0 aromatic heterocycles. The maximum absolute atomic E-state index is 7.62. The summed E-state index contributed by atoms with van der Waals surface area (Å²) < 4.78 is 3.14. The molecule has 36 valence electrons. The maximum atomic E-state index is 7.62. The van der Waals surface area contributed by atoms with Gasteiger partial charge in [0.2, 0.25) is 0 Å². The van der Waals surface area contributed by atoms with Crippen LogP contribution in [0, 0.1) is 0 Å². The molecule has 0 aliphatic heterocycles. The number of halogens is 3. The minimum atomic E-state index is -1.81. The molecule has 0 bridgehead atoms. The molecule has 0 saturated carbocycles. The van der Waals surface area contributed by atoms with Crippen molar-refractivity contribution in [1.82, 2.24) is 0 Å². The third-order valence-corrected chi connectivity index (χ3v) is 1.80. The van der Waals surface area contributed by atoms with Crippen LogP contribution in [0.25, 0.3) is 10.4 Å². The summed E-state index contributed by atoms with van der Waals surface area (Å²) in [6.07, 6.45) is 0. The van der Waals surface area contributed by atoms with Crippen LogP contribution in [0.1, 0.15) is 0 Å². The molecule has 0 aromatic rings. The van der Waals surface area contributed by atoms with E-state index in [0.717, 1.165) is 0 Å². The Morgan fingerprint density at radius 2 is 2.50 bits per heavy atom.